The fourth-order valence-electron chi connectivity index (χ4n) is 2.08. The maximum Gasteiger partial charge on any atom is 0.338 e. The first kappa shape index (κ1) is 20.6. The molecule has 140 valence electrons. The van der Waals surface area contributed by atoms with Gasteiger partial charge in [-0.1, -0.05) is 0 Å². The van der Waals surface area contributed by atoms with Crippen molar-refractivity contribution >= 4 is 35.0 Å². The summed E-state index contributed by atoms with van der Waals surface area (Å²) in [5.41, 5.74) is 1.36. The summed E-state index contributed by atoms with van der Waals surface area (Å²) in [6, 6.07) is 15.0. The number of nitrogens with zero attached hydrogens (tertiary/aromatic N) is 2. The average molecular weight is 392 g/mol. The number of nitrogens with one attached hydrogen (secondary N) is 2. The van der Waals surface area contributed by atoms with Crippen LogP contribution in [-0.2, 0) is 9.53 Å². The van der Waals surface area contributed by atoms with Crippen molar-refractivity contribution in [2.24, 2.45) is 0 Å². The maximum absolute atomic E-state index is 12.3. The Bertz CT molecular complexity index is 955. The van der Waals surface area contributed by atoms with E-state index in [1.54, 1.807) is 43.3 Å². The van der Waals surface area contributed by atoms with Crippen LogP contribution < -0.4 is 10.6 Å². The standard InChI is InChI=1S/C20H16N4O3S/c1-2-27-20(26)14-3-5-17(6-4-14)24-19(25)15(11-21)12-23-16-7-9-18(10-8-16)28-13-22/h3-10,12,23H,2H2,1H3,(H,24,25)/b15-12-. The number of thioether (sulfide) groups is 1. The summed E-state index contributed by atoms with van der Waals surface area (Å²) in [6.45, 7) is 2.00. The fraction of sp³-hybridized carbons (Fsp3) is 0.100. The molecule has 1 amide bonds. The lowest BCUT2D eigenvalue weighted by Gasteiger charge is -2.07. The maximum atomic E-state index is 12.3. The van der Waals surface area contributed by atoms with Crippen molar-refractivity contribution in [3.63, 3.8) is 0 Å². The Kier molecular flexibility index (Phi) is 7.64. The van der Waals surface area contributed by atoms with Crippen LogP contribution in [0.3, 0.4) is 0 Å². The number of carbonyl (C=O) groups is 2. The van der Waals surface area contributed by atoms with Gasteiger partial charge in [0, 0.05) is 22.5 Å². The number of esters is 1. The van der Waals surface area contributed by atoms with Crippen molar-refractivity contribution < 1.29 is 14.3 Å². The van der Waals surface area contributed by atoms with Gasteiger partial charge in [0.2, 0.25) is 0 Å². The SMILES string of the molecule is CCOC(=O)c1ccc(NC(=O)/C(C#N)=C\Nc2ccc(SC#N)cc2)cc1. The minimum Gasteiger partial charge on any atom is -0.462 e. The number of hydrogen-bond donors (Lipinski definition) is 2. The number of anilines is 2. The monoisotopic (exact) mass is 392 g/mol. The molecular formula is C20H16N4O3S. The third-order valence-electron chi connectivity index (χ3n) is 3.42. The molecule has 0 aliphatic carbocycles. The number of rotatable bonds is 7. The number of ether oxygens (including phenoxy) is 1. The lowest BCUT2D eigenvalue weighted by atomic mass is 10.2. The van der Waals surface area contributed by atoms with Gasteiger partial charge >= 0.3 is 5.97 Å². The Balaban J connectivity index is 2.00. The molecule has 0 aliphatic heterocycles. The molecule has 2 rings (SSSR count). The highest BCUT2D eigenvalue weighted by molar-refractivity contribution is 8.03. The quantitative estimate of drug-likeness (QED) is 0.241. The lowest BCUT2D eigenvalue weighted by Crippen LogP contribution is -2.14. The fourth-order valence-corrected chi connectivity index (χ4v) is 2.46. The number of benzene rings is 2. The Morgan fingerprint density at radius 2 is 1.71 bits per heavy atom. The highest BCUT2D eigenvalue weighted by Gasteiger charge is 2.11. The van der Waals surface area contributed by atoms with E-state index in [-0.39, 0.29) is 12.2 Å². The molecule has 0 aromatic heterocycles. The smallest absolute Gasteiger partial charge is 0.338 e. The lowest BCUT2D eigenvalue weighted by molar-refractivity contribution is -0.112. The van der Waals surface area contributed by atoms with Crippen LogP contribution in [0.15, 0.2) is 65.2 Å². The van der Waals surface area contributed by atoms with Gasteiger partial charge in [-0.05, 0) is 67.2 Å². The summed E-state index contributed by atoms with van der Waals surface area (Å²) in [7, 11) is 0. The van der Waals surface area contributed by atoms with E-state index in [4.69, 9.17) is 10.00 Å². The van der Waals surface area contributed by atoms with Crippen molar-refractivity contribution in [2.75, 3.05) is 17.2 Å². The minimum atomic E-state index is -0.587. The second-order valence-electron chi connectivity index (χ2n) is 5.28. The highest BCUT2D eigenvalue weighted by Crippen LogP contribution is 2.19. The topological polar surface area (TPSA) is 115 Å². The van der Waals surface area contributed by atoms with Gasteiger partial charge in [-0.2, -0.15) is 10.5 Å². The van der Waals surface area contributed by atoms with E-state index in [1.807, 2.05) is 11.5 Å². The molecule has 8 heteroatoms. The molecule has 0 saturated heterocycles. The van der Waals surface area contributed by atoms with E-state index in [2.05, 4.69) is 10.6 Å². The van der Waals surface area contributed by atoms with Crippen molar-refractivity contribution in [1.29, 1.82) is 10.5 Å². The zero-order valence-electron chi connectivity index (χ0n) is 14.9. The van der Waals surface area contributed by atoms with Gasteiger partial charge in [-0.25, -0.2) is 4.79 Å². The van der Waals surface area contributed by atoms with Crippen LogP contribution >= 0.6 is 11.8 Å². The Hall–Kier alpha value is -3.75. The van der Waals surface area contributed by atoms with Crippen molar-refractivity contribution in [1.82, 2.24) is 0 Å². The van der Waals surface area contributed by atoms with E-state index in [1.165, 1.54) is 18.3 Å². The number of amides is 1. The first-order chi connectivity index (χ1) is 13.6. The van der Waals surface area contributed by atoms with Crippen LogP contribution in [-0.4, -0.2) is 18.5 Å². The number of nitriles is 2. The normalized spacial score (nSPS) is 10.3. The second kappa shape index (κ2) is 10.4. The number of hydrogen-bond acceptors (Lipinski definition) is 7. The Morgan fingerprint density at radius 3 is 2.29 bits per heavy atom. The number of thiocyanates is 1. The molecule has 0 spiro atoms. The van der Waals surface area contributed by atoms with Crippen LogP contribution in [0.1, 0.15) is 17.3 Å². The van der Waals surface area contributed by atoms with Gasteiger partial charge in [0.15, 0.2) is 0 Å². The molecular weight excluding hydrogens is 376 g/mol. The third kappa shape index (κ3) is 5.90. The van der Waals surface area contributed by atoms with Gasteiger partial charge in [0.05, 0.1) is 12.2 Å². The largest absolute Gasteiger partial charge is 0.462 e. The predicted molar refractivity (Wildman–Crippen MR) is 106 cm³/mol. The summed E-state index contributed by atoms with van der Waals surface area (Å²) >= 11 is 1.04. The van der Waals surface area contributed by atoms with Crippen LogP contribution in [0.4, 0.5) is 11.4 Å². The zero-order chi connectivity index (χ0) is 20.4. The van der Waals surface area contributed by atoms with Gasteiger partial charge in [0.25, 0.3) is 5.91 Å². The van der Waals surface area contributed by atoms with Crippen LogP contribution in [0.5, 0.6) is 0 Å². The summed E-state index contributed by atoms with van der Waals surface area (Å²) in [4.78, 5) is 24.7. The summed E-state index contributed by atoms with van der Waals surface area (Å²) in [5, 5.41) is 25.3. The molecule has 7 nitrogen and oxygen atoms in total. The third-order valence-corrected chi connectivity index (χ3v) is 4.02. The molecule has 0 heterocycles. The van der Waals surface area contributed by atoms with Gasteiger partial charge in [-0.15, -0.1) is 0 Å². The van der Waals surface area contributed by atoms with E-state index < -0.39 is 11.9 Å². The molecule has 2 aromatic carbocycles. The van der Waals surface area contributed by atoms with Crippen molar-refractivity contribution in [3.05, 3.63) is 65.9 Å². The van der Waals surface area contributed by atoms with E-state index >= 15 is 0 Å². The molecule has 28 heavy (non-hydrogen) atoms. The summed E-state index contributed by atoms with van der Waals surface area (Å²) < 4.78 is 4.90. The predicted octanol–water partition coefficient (Wildman–Crippen LogP) is 3.89. The molecule has 0 unspecified atom stereocenters. The average Bonchev–Trinajstić information content (AvgIpc) is 2.70. The minimum absolute atomic E-state index is 0.120. The Morgan fingerprint density at radius 1 is 1.07 bits per heavy atom. The molecule has 2 N–H and O–H groups in total. The van der Waals surface area contributed by atoms with E-state index in [0.717, 1.165) is 16.7 Å². The number of carbonyl (C=O) groups excluding carboxylic acids is 2. The van der Waals surface area contributed by atoms with Crippen molar-refractivity contribution in [2.45, 2.75) is 11.8 Å². The molecule has 0 bridgehead atoms. The van der Waals surface area contributed by atoms with Crippen LogP contribution in [0.25, 0.3) is 0 Å². The second-order valence-corrected chi connectivity index (χ2v) is 6.14. The summed E-state index contributed by atoms with van der Waals surface area (Å²) in [5.74, 6) is -1.03. The zero-order valence-corrected chi connectivity index (χ0v) is 15.7. The molecule has 0 radical (unpaired) electrons. The molecule has 0 atom stereocenters. The van der Waals surface area contributed by atoms with Crippen LogP contribution in [0, 0.1) is 22.0 Å². The molecule has 0 saturated carbocycles. The van der Waals surface area contributed by atoms with Crippen molar-refractivity contribution in [3.8, 4) is 11.5 Å². The van der Waals surface area contributed by atoms with E-state index in [9.17, 15) is 14.9 Å². The summed E-state index contributed by atoms with van der Waals surface area (Å²) in [6.07, 6.45) is 1.30. The van der Waals surface area contributed by atoms with Crippen LogP contribution in [0.2, 0.25) is 0 Å². The molecule has 0 fully saturated rings. The van der Waals surface area contributed by atoms with Gasteiger partial charge in [-0.3, -0.25) is 4.79 Å². The van der Waals surface area contributed by atoms with Gasteiger partial charge in [0.1, 0.15) is 17.0 Å². The first-order valence-electron chi connectivity index (χ1n) is 8.18. The molecule has 0 aliphatic rings. The van der Waals surface area contributed by atoms with E-state index in [0.29, 0.717) is 16.9 Å². The molecule has 2 aromatic rings. The first-order valence-corrected chi connectivity index (χ1v) is 9.00. The van der Waals surface area contributed by atoms with Gasteiger partial charge < -0.3 is 15.4 Å². The Labute approximate surface area is 166 Å². The highest BCUT2D eigenvalue weighted by atomic mass is 32.2.